The van der Waals surface area contributed by atoms with Gasteiger partial charge in [-0.3, -0.25) is 14.4 Å². The molecule has 2 rings (SSSR count). The van der Waals surface area contributed by atoms with Gasteiger partial charge in [-0.25, -0.2) is 0 Å². The summed E-state index contributed by atoms with van der Waals surface area (Å²) in [6.07, 6.45) is 28.6. The first-order valence-electron chi connectivity index (χ1n) is 18.9. The van der Waals surface area contributed by atoms with Gasteiger partial charge in [0, 0.05) is 18.5 Å². The zero-order valence-electron chi connectivity index (χ0n) is 29.3. The van der Waals surface area contributed by atoms with Crippen LogP contribution in [0.2, 0.25) is 0 Å². The SMILES string of the molecule is CCCCCCCCCCCCCC(=O)Nc1ccc(-c2ccc(NC(=O)CCCCCCCCCCCCC)c(=O)cc2)cc1. The van der Waals surface area contributed by atoms with Gasteiger partial charge in [-0.2, -0.15) is 0 Å². The molecule has 0 aromatic heterocycles. The van der Waals surface area contributed by atoms with Gasteiger partial charge in [-0.1, -0.05) is 167 Å². The molecule has 46 heavy (non-hydrogen) atoms. The molecule has 5 nitrogen and oxygen atoms in total. The van der Waals surface area contributed by atoms with Gasteiger partial charge in [0.05, 0.1) is 5.69 Å². The zero-order valence-corrected chi connectivity index (χ0v) is 29.3. The fourth-order valence-corrected chi connectivity index (χ4v) is 5.94. The molecule has 0 heterocycles. The molecule has 0 saturated heterocycles. The highest BCUT2D eigenvalue weighted by Crippen LogP contribution is 2.22. The minimum Gasteiger partial charge on any atom is -0.326 e. The van der Waals surface area contributed by atoms with Crippen LogP contribution in [0.1, 0.15) is 168 Å². The Balaban J connectivity index is 1.64. The smallest absolute Gasteiger partial charge is 0.224 e. The van der Waals surface area contributed by atoms with Crippen LogP contribution in [0.4, 0.5) is 11.4 Å². The van der Waals surface area contributed by atoms with Crippen molar-refractivity contribution in [3.63, 3.8) is 0 Å². The number of nitrogens with one attached hydrogen (secondary N) is 2. The molecule has 0 aliphatic heterocycles. The Bertz CT molecular complexity index is 1140. The van der Waals surface area contributed by atoms with Crippen LogP contribution in [-0.2, 0) is 9.59 Å². The van der Waals surface area contributed by atoms with Crippen LogP contribution in [0.5, 0.6) is 0 Å². The fraction of sp³-hybridized carbons (Fsp3) is 0.634. The largest absolute Gasteiger partial charge is 0.326 e. The van der Waals surface area contributed by atoms with E-state index < -0.39 is 0 Å². The van der Waals surface area contributed by atoms with E-state index in [0.29, 0.717) is 18.5 Å². The van der Waals surface area contributed by atoms with Crippen molar-refractivity contribution < 1.29 is 9.59 Å². The first-order valence-corrected chi connectivity index (χ1v) is 18.9. The average molecular weight is 633 g/mol. The Kier molecular flexibility index (Phi) is 22.3. The molecule has 0 unspecified atom stereocenters. The lowest BCUT2D eigenvalue weighted by atomic mass is 10.1. The first-order chi connectivity index (χ1) is 22.5. The van der Waals surface area contributed by atoms with Crippen molar-refractivity contribution in [3.05, 3.63) is 58.8 Å². The summed E-state index contributed by atoms with van der Waals surface area (Å²) in [6.45, 7) is 4.51. The quantitative estimate of drug-likeness (QED) is 0.0962. The fourth-order valence-electron chi connectivity index (χ4n) is 5.94. The number of anilines is 2. The number of hydrogen-bond acceptors (Lipinski definition) is 3. The lowest BCUT2D eigenvalue weighted by Crippen LogP contribution is -2.16. The van der Waals surface area contributed by atoms with Crippen molar-refractivity contribution in [1.82, 2.24) is 0 Å². The lowest BCUT2D eigenvalue weighted by molar-refractivity contribution is -0.117. The minimum absolute atomic E-state index is 0.0549. The van der Waals surface area contributed by atoms with Crippen molar-refractivity contribution in [1.29, 1.82) is 0 Å². The van der Waals surface area contributed by atoms with Crippen LogP contribution in [0, 0.1) is 0 Å². The van der Waals surface area contributed by atoms with E-state index in [4.69, 9.17) is 0 Å². The Morgan fingerprint density at radius 1 is 0.435 bits per heavy atom. The second kappa shape index (κ2) is 26.2. The van der Waals surface area contributed by atoms with Crippen LogP contribution in [-0.4, -0.2) is 11.8 Å². The number of carbonyl (C=O) groups excluding carboxylic acids is 2. The molecule has 2 N–H and O–H groups in total. The molecule has 2 amide bonds. The van der Waals surface area contributed by atoms with Crippen molar-refractivity contribution in [3.8, 4) is 11.1 Å². The van der Waals surface area contributed by atoms with E-state index in [2.05, 4.69) is 24.5 Å². The molecule has 2 aromatic carbocycles. The molecular formula is C41H64N2O3. The monoisotopic (exact) mass is 632 g/mol. The molecule has 0 bridgehead atoms. The highest BCUT2D eigenvalue weighted by molar-refractivity contribution is 5.91. The van der Waals surface area contributed by atoms with Gasteiger partial charge in [-0.05, 0) is 48.2 Å². The number of amides is 2. The zero-order chi connectivity index (χ0) is 33.1. The molecule has 0 fully saturated rings. The van der Waals surface area contributed by atoms with Crippen molar-refractivity contribution in [2.45, 2.75) is 168 Å². The predicted molar refractivity (Wildman–Crippen MR) is 198 cm³/mol. The third-order valence-corrected chi connectivity index (χ3v) is 8.90. The van der Waals surface area contributed by atoms with E-state index in [1.54, 1.807) is 12.1 Å². The molecule has 0 aliphatic rings. The second-order valence-corrected chi connectivity index (χ2v) is 13.1. The second-order valence-electron chi connectivity index (χ2n) is 13.1. The molecule has 256 valence electrons. The molecule has 0 saturated carbocycles. The summed E-state index contributed by atoms with van der Waals surface area (Å²) in [5.41, 5.74) is 2.70. The van der Waals surface area contributed by atoms with Crippen molar-refractivity contribution >= 4 is 23.2 Å². The average Bonchev–Trinajstić information content (AvgIpc) is 3.23. The summed E-state index contributed by atoms with van der Waals surface area (Å²) in [4.78, 5) is 37.6. The molecule has 0 radical (unpaired) electrons. The maximum Gasteiger partial charge on any atom is 0.224 e. The van der Waals surface area contributed by atoms with E-state index in [9.17, 15) is 14.4 Å². The number of hydrogen-bond donors (Lipinski definition) is 2. The van der Waals surface area contributed by atoms with Gasteiger partial charge in [-0.15, -0.1) is 0 Å². The first kappa shape index (κ1) is 39.2. The number of carbonyl (C=O) groups is 2. The predicted octanol–water partition coefficient (Wildman–Crippen LogP) is 12.0. The van der Waals surface area contributed by atoms with Gasteiger partial charge in [0.2, 0.25) is 17.2 Å². The van der Waals surface area contributed by atoms with Crippen LogP contribution >= 0.6 is 0 Å². The topological polar surface area (TPSA) is 75.3 Å². The molecule has 2 aromatic rings. The Morgan fingerprint density at radius 2 is 0.783 bits per heavy atom. The van der Waals surface area contributed by atoms with Crippen molar-refractivity contribution in [2.75, 3.05) is 10.6 Å². The third-order valence-electron chi connectivity index (χ3n) is 8.90. The molecule has 5 heteroatoms. The highest BCUT2D eigenvalue weighted by Gasteiger charge is 2.07. The van der Waals surface area contributed by atoms with E-state index in [1.165, 1.54) is 122 Å². The Morgan fingerprint density at radius 3 is 1.22 bits per heavy atom. The van der Waals surface area contributed by atoms with E-state index in [0.717, 1.165) is 42.5 Å². The standard InChI is InChI=1S/C41H64N2O3/c1-3-5-7-9-11-13-15-17-19-21-23-25-40(45)42-37-31-27-35(28-32-37)36-29-33-38(39(44)34-30-36)43-41(46)26-24-22-20-18-16-14-12-10-8-6-4-2/h27-34H,3-26H2,1-2H3,(H,42,45)(H,43,44,46). The summed E-state index contributed by atoms with van der Waals surface area (Å²) < 4.78 is 0. The van der Waals surface area contributed by atoms with Crippen molar-refractivity contribution in [2.24, 2.45) is 0 Å². The van der Waals surface area contributed by atoms with Gasteiger partial charge < -0.3 is 10.6 Å². The summed E-state index contributed by atoms with van der Waals surface area (Å²) >= 11 is 0. The third kappa shape index (κ3) is 18.9. The summed E-state index contributed by atoms with van der Waals surface area (Å²) in [7, 11) is 0. The van der Waals surface area contributed by atoms with Crippen LogP contribution in [0.25, 0.3) is 11.1 Å². The maximum absolute atomic E-state index is 12.6. The Labute approximate surface area is 280 Å². The van der Waals surface area contributed by atoms with E-state index >= 15 is 0 Å². The molecule has 0 aliphatic carbocycles. The molecular weight excluding hydrogens is 568 g/mol. The number of rotatable bonds is 27. The lowest BCUT2D eigenvalue weighted by Gasteiger charge is -2.07. The van der Waals surface area contributed by atoms with Crippen LogP contribution in [0.15, 0.2) is 53.3 Å². The van der Waals surface area contributed by atoms with E-state index in [1.807, 2.05) is 30.3 Å². The van der Waals surface area contributed by atoms with Crippen LogP contribution < -0.4 is 16.1 Å². The van der Waals surface area contributed by atoms with E-state index in [-0.39, 0.29) is 17.2 Å². The Hall–Kier alpha value is -2.95. The normalized spacial score (nSPS) is 11.0. The van der Waals surface area contributed by atoms with Gasteiger partial charge in [0.1, 0.15) is 0 Å². The summed E-state index contributed by atoms with van der Waals surface area (Å²) in [6, 6.07) is 14.5. The molecule has 0 atom stereocenters. The van der Waals surface area contributed by atoms with Gasteiger partial charge in [0.15, 0.2) is 0 Å². The van der Waals surface area contributed by atoms with Gasteiger partial charge >= 0.3 is 0 Å². The maximum atomic E-state index is 12.6. The summed E-state index contributed by atoms with van der Waals surface area (Å²) in [5.74, 6) is -0.0478. The number of unbranched alkanes of at least 4 members (excludes halogenated alkanes) is 20. The van der Waals surface area contributed by atoms with Crippen LogP contribution in [0.3, 0.4) is 0 Å². The minimum atomic E-state index is -0.204. The summed E-state index contributed by atoms with van der Waals surface area (Å²) in [5, 5.41) is 5.83. The molecule has 0 spiro atoms. The number of benzene rings is 1. The van der Waals surface area contributed by atoms with Gasteiger partial charge in [0.25, 0.3) is 0 Å². The highest BCUT2D eigenvalue weighted by atomic mass is 16.2.